The highest BCUT2D eigenvalue weighted by atomic mass is 33.1. The molecule has 692 valence electrons. The molecule has 2 bridgehead atoms. The number of primary amides is 1. The Balaban J connectivity index is 1.53. The fraction of sp³-hybridized carbons (Fsp3) is 0.707. The molecule has 0 spiro atoms. The highest BCUT2D eigenvalue weighted by Crippen LogP contribution is 2.29. The minimum Gasteiger partial charge on any atom is -0.508 e. The van der Waals surface area contributed by atoms with E-state index >= 15 is 24.0 Å². The van der Waals surface area contributed by atoms with Crippen LogP contribution in [0.1, 0.15) is 184 Å². The van der Waals surface area contributed by atoms with Crippen LogP contribution in [0.4, 0.5) is 0 Å². The second kappa shape index (κ2) is 50.9. The fourth-order valence-electron chi connectivity index (χ4n) is 15.2. The molecule has 1 aromatic rings. The van der Waals surface area contributed by atoms with Crippen LogP contribution in [0, 0.1) is 29.6 Å². The Kier molecular flexibility index (Phi) is 42.2. The number of carbonyl (C=O) groups excluding carboxylic acids is 18. The van der Waals surface area contributed by atoms with Crippen molar-refractivity contribution in [3.05, 3.63) is 29.8 Å². The number of nitrogens with one attached hydrogen (secondary N) is 14. The summed E-state index contributed by atoms with van der Waals surface area (Å²) in [4.78, 5) is 268. The van der Waals surface area contributed by atoms with E-state index in [9.17, 15) is 72.5 Å². The van der Waals surface area contributed by atoms with E-state index in [1.54, 1.807) is 69.2 Å². The molecule has 18 atom stereocenters. The first-order chi connectivity index (χ1) is 58.9. The highest BCUT2D eigenvalue weighted by Gasteiger charge is 2.47. The smallest absolute Gasteiger partial charge is 0.246 e. The molecule has 0 aliphatic carbocycles. The SMILES string of the molecule is CC[C@H](C)[C@@H]1NC(=O)[C@H](CCC(N)=O)NC(=O)[C@H](C(C)C)NC(=O)CNC(=O)[C@H]2CCCN2C(=O)[C@H](C(C)C)NC(=O)[C@H](CCCCN)NC(=O)[C@H]([C@@H](C)CC)NC(=O)[C@@H]2CSSC[C@H](NC1=O)C(=O)N[C@@H](Cc1ccc(O)cc1)C(=O)N[C@@H](CCCCN)C(=O)N[C@@H](CO)C(=O)N[C@@H]([C@@H](C)CC)C(=O)N1CCC[C@H]1C(=O)N1CCC[C@H]1C(=O)NCC(=O)N2. The molecule has 18 amide bonds. The first-order valence-electron chi connectivity index (χ1n) is 43.3. The quantitative estimate of drug-likeness (QED) is 0.0393. The maximum absolute atomic E-state index is 15.6. The van der Waals surface area contributed by atoms with E-state index in [2.05, 4.69) is 74.4 Å². The number of phenols is 1. The number of nitrogens with two attached hydrogens (primary N) is 3. The van der Waals surface area contributed by atoms with Gasteiger partial charge in [-0.25, -0.2) is 0 Å². The number of phenolic OH excluding ortho intramolecular Hbond substituents is 1. The molecule has 5 fully saturated rings. The highest BCUT2D eigenvalue weighted by molar-refractivity contribution is 8.76. The van der Waals surface area contributed by atoms with Crippen LogP contribution in [0.3, 0.4) is 0 Å². The molecule has 5 heterocycles. The van der Waals surface area contributed by atoms with E-state index < -0.39 is 271 Å². The number of unbranched alkanes of at least 4 members (excludes halogenated alkanes) is 2. The summed E-state index contributed by atoms with van der Waals surface area (Å²) < 4.78 is 0. The molecule has 5 aliphatic rings. The van der Waals surface area contributed by atoms with Crippen LogP contribution in [-0.2, 0) is 92.7 Å². The van der Waals surface area contributed by atoms with Crippen molar-refractivity contribution >= 4 is 128 Å². The van der Waals surface area contributed by atoms with Gasteiger partial charge in [0.25, 0.3) is 0 Å². The lowest BCUT2D eigenvalue weighted by Gasteiger charge is -2.34. The van der Waals surface area contributed by atoms with Gasteiger partial charge in [0.05, 0.1) is 19.7 Å². The van der Waals surface area contributed by atoms with Crippen molar-refractivity contribution in [1.82, 2.24) is 89.1 Å². The number of amides is 18. The minimum atomic E-state index is -1.78. The number of hydrogen-bond donors (Lipinski definition) is 19. The third kappa shape index (κ3) is 30.2. The van der Waals surface area contributed by atoms with Gasteiger partial charge in [-0.05, 0) is 144 Å². The van der Waals surface area contributed by atoms with Gasteiger partial charge in [0.15, 0.2) is 0 Å². The molecule has 0 saturated carbocycles. The van der Waals surface area contributed by atoms with Crippen LogP contribution in [0.25, 0.3) is 0 Å². The zero-order valence-electron chi connectivity index (χ0n) is 72.8. The summed E-state index contributed by atoms with van der Waals surface area (Å²) >= 11 is 0. The van der Waals surface area contributed by atoms with Crippen LogP contribution >= 0.6 is 21.6 Å². The Labute approximate surface area is 731 Å². The maximum atomic E-state index is 15.6. The molecule has 1 aromatic carbocycles. The predicted octanol–water partition coefficient (Wildman–Crippen LogP) is -3.67. The lowest BCUT2D eigenvalue weighted by Crippen LogP contribution is -2.62. The van der Waals surface area contributed by atoms with Crippen LogP contribution in [0.2, 0.25) is 0 Å². The van der Waals surface area contributed by atoms with Gasteiger partial charge in [0.2, 0.25) is 106 Å². The third-order valence-electron chi connectivity index (χ3n) is 23.3. The Hall–Kier alpha value is -9.94. The van der Waals surface area contributed by atoms with Gasteiger partial charge in [-0.1, -0.05) is 122 Å². The summed E-state index contributed by atoms with van der Waals surface area (Å²) in [5.41, 5.74) is 17.8. The lowest BCUT2D eigenvalue weighted by molar-refractivity contribution is -0.148. The largest absolute Gasteiger partial charge is 0.508 e. The second-order valence-electron chi connectivity index (χ2n) is 33.3. The van der Waals surface area contributed by atoms with Gasteiger partial charge in [0, 0.05) is 44.0 Å². The van der Waals surface area contributed by atoms with Gasteiger partial charge in [-0.3, -0.25) is 86.3 Å². The molecular formula is C82H132N20O20S2. The number of carbonyl (C=O) groups is 18. The summed E-state index contributed by atoms with van der Waals surface area (Å²) in [6.45, 7) is 14.5. The number of aromatic hydroxyl groups is 1. The van der Waals surface area contributed by atoms with E-state index in [1.165, 1.54) is 39.0 Å². The van der Waals surface area contributed by atoms with Crippen molar-refractivity contribution in [2.45, 2.75) is 275 Å². The lowest BCUT2D eigenvalue weighted by atomic mass is 9.96. The van der Waals surface area contributed by atoms with E-state index in [-0.39, 0.29) is 103 Å². The maximum Gasteiger partial charge on any atom is 0.246 e. The molecular weight excluding hydrogens is 1650 g/mol. The Bertz CT molecular complexity index is 3900. The first kappa shape index (κ1) is 103. The summed E-state index contributed by atoms with van der Waals surface area (Å²) in [5.74, 6) is -20.6. The second-order valence-corrected chi connectivity index (χ2v) is 35.9. The number of aliphatic hydroxyl groups excluding tert-OH is 1. The molecule has 42 heteroatoms. The summed E-state index contributed by atoms with van der Waals surface area (Å²) in [7, 11) is 1.68. The van der Waals surface area contributed by atoms with Crippen molar-refractivity contribution in [1.29, 1.82) is 0 Å². The van der Waals surface area contributed by atoms with E-state index in [4.69, 9.17) is 17.2 Å². The number of hydrogen-bond acceptors (Lipinski definition) is 24. The van der Waals surface area contributed by atoms with Crippen LogP contribution < -0.4 is 91.6 Å². The molecule has 0 radical (unpaired) electrons. The Morgan fingerprint density at radius 2 is 0.782 bits per heavy atom. The number of rotatable bonds is 22. The normalized spacial score (nSPS) is 28.1. The zero-order chi connectivity index (χ0) is 91.8. The van der Waals surface area contributed by atoms with Crippen molar-refractivity contribution in [2.24, 2.45) is 46.8 Å². The van der Waals surface area contributed by atoms with Gasteiger partial charge in [-0.15, -0.1) is 0 Å². The Morgan fingerprint density at radius 3 is 1.27 bits per heavy atom. The molecule has 40 nitrogen and oxygen atoms in total. The first-order valence-corrected chi connectivity index (χ1v) is 45.8. The molecule has 6 rings (SSSR count). The monoisotopic (exact) mass is 1780 g/mol. The molecule has 0 aromatic heterocycles. The van der Waals surface area contributed by atoms with Crippen LogP contribution in [0.15, 0.2) is 24.3 Å². The van der Waals surface area contributed by atoms with Crippen molar-refractivity contribution in [3.63, 3.8) is 0 Å². The topological polar surface area (TPSA) is 604 Å². The van der Waals surface area contributed by atoms with E-state index in [1.807, 2.05) is 0 Å². The minimum absolute atomic E-state index is 0.0235. The van der Waals surface area contributed by atoms with Gasteiger partial charge in [-0.2, -0.15) is 0 Å². The molecule has 0 unspecified atom stereocenters. The zero-order valence-corrected chi connectivity index (χ0v) is 74.4. The predicted molar refractivity (Wildman–Crippen MR) is 459 cm³/mol. The molecule has 22 N–H and O–H groups in total. The number of aliphatic hydroxyl groups is 1. The van der Waals surface area contributed by atoms with Crippen LogP contribution in [-0.4, -0.2) is 286 Å². The van der Waals surface area contributed by atoms with Gasteiger partial charge < -0.3 is 117 Å². The van der Waals surface area contributed by atoms with Crippen LogP contribution in [0.5, 0.6) is 5.75 Å². The average Bonchev–Trinajstić information content (AvgIpc) is 1.64. The molecule has 5 saturated heterocycles. The standard InChI is InChI=1S/C82H132N20O20S2/c1-11-45(8)65-78(118)90-51(22-15-17-33-84)69(109)96-64(44(6)7)81(121)101-35-19-24-58(101)76(116)87-39-62(107)95-63(43(4)5)77(117)91-52(30-31-60(85)105)70(110)97-66(46(9)12-2)79(119)94-56-42-124-123-41-55(74(114)98-65)88-61(106)38-86-75(115)57-23-18-34-100(57)80(120)59-25-20-36-102(59)82(122)67(47(10)13-3)99-72(112)54(40-103)93-68(108)50(21-14-16-32-83)89-71(111)53(92-73(56)113)37-48-26-28-49(104)29-27-48/h26-29,43-47,50-59,63-67,103-104H,11-25,30-42,83-84H2,1-10H3,(H2,85,105)(H,86,115)(H,87,116)(H,88,106)(H,89,111)(H,90,118)(H,91,117)(H,92,113)(H,93,108)(H,94,119)(H,95,107)(H,96,109)(H,97,110)(H,98,114)(H,99,112)/t45-,46-,47-,50-,51-,52-,53-,54-,55-,56-,57-,58+,59-,63-,64-,65-,66-,67-/m0/s1. The van der Waals surface area contributed by atoms with Crippen molar-refractivity contribution < 1.29 is 96.5 Å². The summed E-state index contributed by atoms with van der Waals surface area (Å²) in [5, 5.41) is 58.5. The number of nitrogens with zero attached hydrogens (tertiary/aromatic N) is 3. The summed E-state index contributed by atoms with van der Waals surface area (Å²) in [6, 6.07) is -16.6. The molecule has 124 heavy (non-hydrogen) atoms. The van der Waals surface area contributed by atoms with E-state index in [0.717, 1.165) is 21.6 Å². The fourth-order valence-corrected chi connectivity index (χ4v) is 17.5. The van der Waals surface area contributed by atoms with Gasteiger partial charge in [0.1, 0.15) is 96.4 Å². The Morgan fingerprint density at radius 1 is 0.411 bits per heavy atom. The van der Waals surface area contributed by atoms with E-state index in [0.29, 0.717) is 44.1 Å². The third-order valence-corrected chi connectivity index (χ3v) is 25.8. The summed E-state index contributed by atoms with van der Waals surface area (Å²) in [6.07, 6.45) is 1.83. The number of fused-ring (bicyclic) bond motifs is 8. The number of benzene rings is 1. The van der Waals surface area contributed by atoms with Crippen molar-refractivity contribution in [2.75, 3.05) is 63.9 Å². The van der Waals surface area contributed by atoms with Gasteiger partial charge >= 0.3 is 0 Å². The molecule has 5 aliphatic heterocycles. The average molecular weight is 1780 g/mol. The van der Waals surface area contributed by atoms with Crippen molar-refractivity contribution in [3.8, 4) is 5.75 Å².